The number of rotatable bonds is 2. The van der Waals surface area contributed by atoms with Gasteiger partial charge >= 0.3 is 39.7 Å². The molecule has 72 valence electrons. The Morgan fingerprint density at radius 2 is 1.92 bits per heavy atom. The molecule has 8 heteroatoms. The SMILES string of the molecule is C=CC(=O)S(=O)(=O)OC.O=CO.[H-].[Na+]. The van der Waals surface area contributed by atoms with Gasteiger partial charge in [-0.1, -0.05) is 6.58 Å². The first kappa shape index (κ1) is 18.5. The van der Waals surface area contributed by atoms with Gasteiger partial charge in [0.2, 0.25) is 0 Å². The van der Waals surface area contributed by atoms with Gasteiger partial charge in [0.1, 0.15) is 0 Å². The fourth-order valence-electron chi connectivity index (χ4n) is 0.184. The molecule has 0 aromatic heterocycles. The summed E-state index contributed by atoms with van der Waals surface area (Å²) in [7, 11) is -3.09. The minimum atomic E-state index is -4.01. The second kappa shape index (κ2) is 9.87. The van der Waals surface area contributed by atoms with Crippen LogP contribution in [-0.4, -0.2) is 32.2 Å². The van der Waals surface area contributed by atoms with Crippen LogP contribution in [0.1, 0.15) is 1.43 Å². The molecule has 0 amide bonds. The molecule has 0 unspecified atom stereocenters. The van der Waals surface area contributed by atoms with E-state index in [0.29, 0.717) is 6.08 Å². The maximum atomic E-state index is 10.3. The van der Waals surface area contributed by atoms with Crippen LogP contribution in [0, 0.1) is 0 Å². The van der Waals surface area contributed by atoms with E-state index in [4.69, 9.17) is 9.90 Å². The molecule has 0 heterocycles. The van der Waals surface area contributed by atoms with E-state index in [1.54, 1.807) is 0 Å². The Morgan fingerprint density at radius 3 is 2.00 bits per heavy atom. The van der Waals surface area contributed by atoms with Crippen molar-refractivity contribution in [3.05, 3.63) is 12.7 Å². The van der Waals surface area contributed by atoms with Crippen LogP contribution in [-0.2, 0) is 23.9 Å². The van der Waals surface area contributed by atoms with Gasteiger partial charge in [0.05, 0.1) is 7.11 Å². The van der Waals surface area contributed by atoms with Crippen LogP contribution < -0.4 is 29.6 Å². The molecule has 0 aromatic carbocycles. The second-order valence-electron chi connectivity index (χ2n) is 1.25. The molecule has 1 N–H and O–H groups in total. The van der Waals surface area contributed by atoms with Crippen LogP contribution in [0.4, 0.5) is 0 Å². The van der Waals surface area contributed by atoms with Crippen LogP contribution in [0.5, 0.6) is 0 Å². The summed E-state index contributed by atoms with van der Waals surface area (Å²) < 4.78 is 24.4. The van der Waals surface area contributed by atoms with Crippen molar-refractivity contribution in [2.75, 3.05) is 7.11 Å². The smallest absolute Gasteiger partial charge is 1.00 e. The van der Waals surface area contributed by atoms with E-state index in [9.17, 15) is 13.2 Å². The number of hydrogen-bond acceptors (Lipinski definition) is 5. The molecule has 0 atom stereocenters. The number of hydrogen-bond donors (Lipinski definition) is 1. The fourth-order valence-corrected chi connectivity index (χ4v) is 0.553. The molecule has 0 fully saturated rings. The van der Waals surface area contributed by atoms with Crippen molar-refractivity contribution in [1.29, 1.82) is 0 Å². The zero-order valence-corrected chi connectivity index (χ0v) is 10.1. The van der Waals surface area contributed by atoms with E-state index >= 15 is 0 Å². The third-order valence-corrected chi connectivity index (χ3v) is 1.73. The molecule has 0 bridgehead atoms. The van der Waals surface area contributed by atoms with Crippen molar-refractivity contribution in [2.24, 2.45) is 0 Å². The Kier molecular flexibility index (Phi) is 14.1. The largest absolute Gasteiger partial charge is 1.00 e. The van der Waals surface area contributed by atoms with Crippen molar-refractivity contribution in [2.45, 2.75) is 0 Å². The summed E-state index contributed by atoms with van der Waals surface area (Å²) in [5, 5.41) is 5.77. The molecule has 0 saturated heterocycles. The summed E-state index contributed by atoms with van der Waals surface area (Å²) in [6, 6.07) is 0. The summed E-state index contributed by atoms with van der Waals surface area (Å²) in [6.07, 6.45) is 0.679. The Bertz CT molecular complexity index is 261. The first-order valence-corrected chi connectivity index (χ1v) is 3.92. The first-order valence-electron chi connectivity index (χ1n) is 2.51. The average Bonchev–Trinajstić information content (AvgIpc) is 2.04. The summed E-state index contributed by atoms with van der Waals surface area (Å²) in [5.41, 5.74) is 0. The molecule has 13 heavy (non-hydrogen) atoms. The quantitative estimate of drug-likeness (QED) is 0.224. The van der Waals surface area contributed by atoms with Crippen molar-refractivity contribution < 1.29 is 58.3 Å². The van der Waals surface area contributed by atoms with Gasteiger partial charge < -0.3 is 6.53 Å². The molecule has 0 radical (unpaired) electrons. The van der Waals surface area contributed by atoms with Gasteiger partial charge in [-0.15, -0.1) is 0 Å². The standard InChI is InChI=1S/C4H6O4S.CH2O2.Na.H/c1-3-4(5)9(6,7)8-2;2-1-3;;/h3H,1H2,2H3;1H,(H,2,3);;/q;;+1;-1. The molecule has 0 aromatic rings. The van der Waals surface area contributed by atoms with Gasteiger partial charge in [-0.2, -0.15) is 8.42 Å². The van der Waals surface area contributed by atoms with E-state index in [0.717, 1.165) is 7.11 Å². The van der Waals surface area contributed by atoms with Crippen molar-refractivity contribution >= 4 is 21.7 Å². The van der Waals surface area contributed by atoms with E-state index in [-0.39, 0.29) is 37.5 Å². The topological polar surface area (TPSA) is 97.7 Å². The molecule has 0 aliphatic rings. The number of carboxylic acid groups (broad SMARTS) is 1. The van der Waals surface area contributed by atoms with Crippen molar-refractivity contribution in [3.8, 4) is 0 Å². The number of carbonyl (C=O) groups excluding carboxylic acids is 1. The Labute approximate surface area is 99.5 Å². The fraction of sp³-hybridized carbons (Fsp3) is 0.200. The Morgan fingerprint density at radius 1 is 1.62 bits per heavy atom. The van der Waals surface area contributed by atoms with Gasteiger partial charge in [0.15, 0.2) is 0 Å². The van der Waals surface area contributed by atoms with Crippen molar-refractivity contribution in [1.82, 2.24) is 0 Å². The summed E-state index contributed by atoms with van der Waals surface area (Å²) in [5.74, 6) is 0. The number of carbonyl (C=O) groups is 2. The van der Waals surface area contributed by atoms with Gasteiger partial charge in [-0.3, -0.25) is 13.8 Å². The maximum Gasteiger partial charge on any atom is 1.00 e. The van der Waals surface area contributed by atoms with Crippen LogP contribution in [0.15, 0.2) is 12.7 Å². The second-order valence-corrected chi connectivity index (χ2v) is 2.89. The van der Waals surface area contributed by atoms with Gasteiger partial charge in [-0.05, 0) is 6.08 Å². The third kappa shape index (κ3) is 9.71. The third-order valence-electron chi connectivity index (χ3n) is 0.632. The van der Waals surface area contributed by atoms with E-state index < -0.39 is 15.2 Å². The van der Waals surface area contributed by atoms with Gasteiger partial charge in [0.25, 0.3) is 11.6 Å². The van der Waals surface area contributed by atoms with Crippen LogP contribution in [0.25, 0.3) is 0 Å². The first-order chi connectivity index (χ1) is 5.46. The average molecular weight is 220 g/mol. The molecule has 0 aliphatic carbocycles. The summed E-state index contributed by atoms with van der Waals surface area (Å²) in [6.45, 7) is 2.72. The van der Waals surface area contributed by atoms with E-state index in [1.165, 1.54) is 0 Å². The molecule has 0 spiro atoms. The van der Waals surface area contributed by atoms with E-state index in [2.05, 4.69) is 10.8 Å². The summed E-state index contributed by atoms with van der Waals surface area (Å²) in [4.78, 5) is 18.6. The van der Waals surface area contributed by atoms with Crippen molar-refractivity contribution in [3.63, 3.8) is 0 Å². The molecule has 6 nitrogen and oxygen atoms in total. The Hall–Kier alpha value is -0.210. The predicted octanol–water partition coefficient (Wildman–Crippen LogP) is -3.51. The molecule has 0 aliphatic heterocycles. The van der Waals surface area contributed by atoms with Crippen LogP contribution in [0.2, 0.25) is 0 Å². The zero-order chi connectivity index (χ0) is 10.2. The molecular formula is C5H9NaO6S. The predicted molar refractivity (Wildman–Crippen MR) is 40.9 cm³/mol. The maximum absolute atomic E-state index is 10.3. The minimum Gasteiger partial charge on any atom is -1.00 e. The normalized spacial score (nSPS) is 8.38. The Balaban J connectivity index is -0.0000000891. The molecule has 0 saturated carbocycles. The van der Waals surface area contributed by atoms with Crippen LogP contribution in [0.3, 0.4) is 0 Å². The van der Waals surface area contributed by atoms with Gasteiger partial charge in [-0.25, -0.2) is 0 Å². The monoisotopic (exact) mass is 220 g/mol. The van der Waals surface area contributed by atoms with E-state index in [1.807, 2.05) is 0 Å². The minimum absolute atomic E-state index is 0. The molecule has 0 rings (SSSR count). The van der Waals surface area contributed by atoms with Gasteiger partial charge in [0, 0.05) is 0 Å². The zero-order valence-electron chi connectivity index (χ0n) is 8.26. The molecular weight excluding hydrogens is 211 g/mol. The van der Waals surface area contributed by atoms with Crippen LogP contribution >= 0.6 is 0 Å². The summed E-state index contributed by atoms with van der Waals surface area (Å²) >= 11 is 0.